The average Bonchev–Trinajstić information content (AvgIpc) is 2.85. The quantitative estimate of drug-likeness (QED) is 0.189. The van der Waals surface area contributed by atoms with Gasteiger partial charge in [-0.1, -0.05) is 37.6 Å². The SMILES string of the molecule is CCCC[n+]1c(-c2ccccc2)c2cc(NC(=O)OC(C)(C)C)ccc2c2ccc(NC(=O)OC(C)(C)C)cc21. The van der Waals surface area contributed by atoms with Crippen molar-refractivity contribution in [1.29, 1.82) is 0 Å². The van der Waals surface area contributed by atoms with E-state index in [9.17, 15) is 9.59 Å². The summed E-state index contributed by atoms with van der Waals surface area (Å²) in [6, 6.07) is 22.1. The molecule has 0 aliphatic carbocycles. The van der Waals surface area contributed by atoms with Gasteiger partial charge in [-0.3, -0.25) is 10.6 Å². The Kier molecular flexibility index (Phi) is 8.33. The molecule has 210 valence electrons. The van der Waals surface area contributed by atoms with E-state index in [0.29, 0.717) is 11.4 Å². The lowest BCUT2D eigenvalue weighted by Crippen LogP contribution is -2.38. The van der Waals surface area contributed by atoms with Crippen molar-refractivity contribution in [2.45, 2.75) is 79.1 Å². The Balaban J connectivity index is 1.93. The van der Waals surface area contributed by atoms with Gasteiger partial charge < -0.3 is 9.47 Å². The summed E-state index contributed by atoms with van der Waals surface area (Å²) in [4.78, 5) is 25.1. The van der Waals surface area contributed by atoms with E-state index in [4.69, 9.17) is 9.47 Å². The number of pyridine rings is 1. The highest BCUT2D eigenvalue weighted by atomic mass is 16.6. The maximum atomic E-state index is 12.6. The van der Waals surface area contributed by atoms with E-state index in [-0.39, 0.29) is 0 Å². The number of aromatic nitrogens is 1. The molecule has 1 aromatic heterocycles. The van der Waals surface area contributed by atoms with Gasteiger partial charge in [-0.25, -0.2) is 9.59 Å². The molecular formula is C33H40N3O4+. The van der Waals surface area contributed by atoms with Crippen LogP contribution in [0.25, 0.3) is 32.9 Å². The highest BCUT2D eigenvalue weighted by molar-refractivity contribution is 6.11. The van der Waals surface area contributed by atoms with Gasteiger partial charge in [-0.2, -0.15) is 4.57 Å². The lowest BCUT2D eigenvalue weighted by atomic mass is 9.98. The summed E-state index contributed by atoms with van der Waals surface area (Å²) in [5.41, 5.74) is 3.23. The molecule has 4 aromatic rings. The van der Waals surface area contributed by atoms with Gasteiger partial charge in [-0.15, -0.1) is 0 Å². The van der Waals surface area contributed by atoms with Crippen LogP contribution in [0.4, 0.5) is 21.0 Å². The van der Waals surface area contributed by atoms with Gasteiger partial charge in [0, 0.05) is 29.1 Å². The van der Waals surface area contributed by atoms with Crippen molar-refractivity contribution < 1.29 is 23.6 Å². The zero-order valence-electron chi connectivity index (χ0n) is 24.6. The number of carbonyl (C=O) groups is 2. The molecule has 40 heavy (non-hydrogen) atoms. The summed E-state index contributed by atoms with van der Waals surface area (Å²) in [5, 5.41) is 8.89. The Morgan fingerprint density at radius 1 is 0.725 bits per heavy atom. The van der Waals surface area contributed by atoms with Gasteiger partial charge in [0.1, 0.15) is 17.7 Å². The predicted octanol–water partition coefficient (Wildman–Crippen LogP) is 8.44. The van der Waals surface area contributed by atoms with Crippen molar-refractivity contribution in [3.8, 4) is 11.3 Å². The van der Waals surface area contributed by atoms with Crippen LogP contribution in [0.5, 0.6) is 0 Å². The number of fused-ring (bicyclic) bond motifs is 3. The Morgan fingerprint density at radius 3 is 1.82 bits per heavy atom. The molecule has 0 fully saturated rings. The molecule has 0 aliphatic rings. The number of rotatable bonds is 6. The van der Waals surface area contributed by atoms with Crippen LogP contribution in [0.1, 0.15) is 61.3 Å². The van der Waals surface area contributed by atoms with Gasteiger partial charge in [0.15, 0.2) is 0 Å². The third kappa shape index (κ3) is 7.08. The first-order valence-electron chi connectivity index (χ1n) is 13.8. The Hall–Kier alpha value is -4.13. The third-order valence-corrected chi connectivity index (χ3v) is 6.20. The molecule has 0 saturated heterocycles. The molecule has 1 heterocycles. The van der Waals surface area contributed by atoms with Crippen LogP contribution in [-0.2, 0) is 16.0 Å². The molecule has 0 radical (unpaired) electrons. The lowest BCUT2D eigenvalue weighted by Gasteiger charge is -2.20. The number of hydrogen-bond donors (Lipinski definition) is 2. The molecule has 3 aromatic carbocycles. The van der Waals surface area contributed by atoms with E-state index < -0.39 is 23.4 Å². The van der Waals surface area contributed by atoms with Crippen LogP contribution in [0.15, 0.2) is 66.7 Å². The average molecular weight is 543 g/mol. The van der Waals surface area contributed by atoms with Gasteiger partial charge >= 0.3 is 12.2 Å². The molecule has 0 aliphatic heterocycles. The number of unbranched alkanes of at least 4 members (excludes halogenated alkanes) is 1. The minimum atomic E-state index is -0.597. The first-order chi connectivity index (χ1) is 18.8. The summed E-state index contributed by atoms with van der Waals surface area (Å²) >= 11 is 0. The van der Waals surface area contributed by atoms with Crippen LogP contribution in [-0.4, -0.2) is 23.4 Å². The maximum absolute atomic E-state index is 12.6. The van der Waals surface area contributed by atoms with Crippen molar-refractivity contribution in [3.63, 3.8) is 0 Å². The highest BCUT2D eigenvalue weighted by Crippen LogP contribution is 2.34. The Morgan fingerprint density at radius 2 is 1.27 bits per heavy atom. The highest BCUT2D eigenvalue weighted by Gasteiger charge is 2.25. The van der Waals surface area contributed by atoms with Crippen LogP contribution < -0.4 is 15.2 Å². The van der Waals surface area contributed by atoms with E-state index in [0.717, 1.165) is 52.3 Å². The second kappa shape index (κ2) is 11.5. The van der Waals surface area contributed by atoms with Crippen LogP contribution >= 0.6 is 0 Å². The fourth-order valence-corrected chi connectivity index (χ4v) is 4.68. The molecule has 7 nitrogen and oxygen atoms in total. The summed E-state index contributed by atoms with van der Waals surface area (Å²) < 4.78 is 13.3. The number of amides is 2. The van der Waals surface area contributed by atoms with Gasteiger partial charge in [0.05, 0.1) is 16.5 Å². The monoisotopic (exact) mass is 542 g/mol. The van der Waals surface area contributed by atoms with Crippen molar-refractivity contribution in [1.82, 2.24) is 0 Å². The largest absolute Gasteiger partial charge is 0.444 e. The molecule has 0 bridgehead atoms. The predicted molar refractivity (Wildman–Crippen MR) is 162 cm³/mol. The van der Waals surface area contributed by atoms with E-state index in [2.05, 4.69) is 34.3 Å². The summed E-state index contributed by atoms with van der Waals surface area (Å²) in [5.74, 6) is 0. The number of ether oxygens (including phenoxy) is 2. The zero-order valence-corrected chi connectivity index (χ0v) is 24.6. The number of anilines is 2. The number of benzene rings is 3. The first-order valence-corrected chi connectivity index (χ1v) is 13.8. The molecule has 4 rings (SSSR count). The van der Waals surface area contributed by atoms with Crippen LogP contribution in [0.2, 0.25) is 0 Å². The molecule has 0 atom stereocenters. The van der Waals surface area contributed by atoms with Gasteiger partial charge in [0.25, 0.3) is 0 Å². The van der Waals surface area contributed by atoms with E-state index in [1.165, 1.54) is 0 Å². The van der Waals surface area contributed by atoms with Gasteiger partial charge in [0.2, 0.25) is 11.2 Å². The summed E-state index contributed by atoms with van der Waals surface area (Å²) in [7, 11) is 0. The van der Waals surface area contributed by atoms with E-state index in [1.54, 1.807) is 0 Å². The molecule has 0 spiro atoms. The maximum Gasteiger partial charge on any atom is 0.412 e. The number of nitrogens with zero attached hydrogens (tertiary/aromatic N) is 1. The molecule has 0 unspecified atom stereocenters. The van der Waals surface area contributed by atoms with Crippen molar-refractivity contribution in [3.05, 3.63) is 66.7 Å². The minimum Gasteiger partial charge on any atom is -0.444 e. The van der Waals surface area contributed by atoms with Crippen molar-refractivity contribution >= 4 is 45.2 Å². The van der Waals surface area contributed by atoms with Gasteiger partial charge in [-0.05, 0) is 77.9 Å². The molecule has 2 N–H and O–H groups in total. The molecule has 0 saturated carbocycles. The van der Waals surface area contributed by atoms with E-state index in [1.807, 2.05) is 96.1 Å². The van der Waals surface area contributed by atoms with Crippen LogP contribution in [0.3, 0.4) is 0 Å². The molecule has 7 heteroatoms. The summed E-state index contributed by atoms with van der Waals surface area (Å²) in [6.45, 7) is 14.0. The third-order valence-electron chi connectivity index (χ3n) is 6.20. The standard InChI is InChI=1S/C33H39N3O4/c1-8-9-19-36-28-21-24(35-31(38)40-33(5,6)7)16-18-26(28)25-17-15-23(34-30(37)39-32(2,3)4)20-27(25)29(36)22-13-11-10-12-14-22/h10-18,20-21H,8-9,19H2,1-7H3,(H,34,37)/p+1. The molecule has 2 amide bonds. The van der Waals surface area contributed by atoms with E-state index >= 15 is 0 Å². The Bertz CT molecular complexity index is 1530. The lowest BCUT2D eigenvalue weighted by molar-refractivity contribution is -0.659. The molecular weight excluding hydrogens is 502 g/mol. The van der Waals surface area contributed by atoms with Crippen molar-refractivity contribution in [2.24, 2.45) is 0 Å². The number of carbonyl (C=O) groups excluding carboxylic acids is 2. The number of hydrogen-bond acceptors (Lipinski definition) is 4. The number of aryl methyl sites for hydroxylation is 1. The zero-order chi connectivity index (χ0) is 29.1. The fourth-order valence-electron chi connectivity index (χ4n) is 4.68. The first kappa shape index (κ1) is 28.9. The normalized spacial score (nSPS) is 11.9. The summed E-state index contributed by atoms with van der Waals surface area (Å²) in [6.07, 6.45) is 1.01. The van der Waals surface area contributed by atoms with Crippen molar-refractivity contribution in [2.75, 3.05) is 10.6 Å². The van der Waals surface area contributed by atoms with Crippen LogP contribution in [0, 0.1) is 0 Å². The topological polar surface area (TPSA) is 80.5 Å². The second-order valence-corrected chi connectivity index (χ2v) is 12.0. The second-order valence-electron chi connectivity index (χ2n) is 12.0. The minimum absolute atomic E-state index is 0.492. The smallest absolute Gasteiger partial charge is 0.412 e. The Labute approximate surface area is 236 Å². The fraction of sp³-hybridized carbons (Fsp3) is 0.364. The number of nitrogens with one attached hydrogen (secondary N) is 2.